The van der Waals surface area contributed by atoms with E-state index in [1.807, 2.05) is 13.8 Å². The van der Waals surface area contributed by atoms with Crippen LogP contribution in [0.2, 0.25) is 0 Å². The maximum atomic E-state index is 12.2. The van der Waals surface area contributed by atoms with Crippen molar-refractivity contribution in [2.45, 2.75) is 59.3 Å². The fourth-order valence-corrected chi connectivity index (χ4v) is 3.19. The maximum absolute atomic E-state index is 12.2. The average Bonchev–Trinajstić information content (AvgIpc) is 2.60. The van der Waals surface area contributed by atoms with Gasteiger partial charge in [-0.25, -0.2) is 4.79 Å². The number of rotatable bonds is 8. The second-order valence-electron chi connectivity index (χ2n) is 7.95. The molecule has 0 bridgehead atoms. The molecule has 2 rings (SSSR count). The quantitative estimate of drug-likeness (QED) is 0.287. The van der Waals surface area contributed by atoms with Crippen molar-refractivity contribution in [1.82, 2.24) is 0 Å². The summed E-state index contributed by atoms with van der Waals surface area (Å²) >= 11 is 0. The molecule has 1 aromatic carbocycles. The van der Waals surface area contributed by atoms with E-state index in [1.54, 1.807) is 24.3 Å². The highest BCUT2D eigenvalue weighted by Crippen LogP contribution is 2.33. The number of esters is 1. The Hall–Kier alpha value is -2.30. The molecule has 0 saturated heterocycles. The van der Waals surface area contributed by atoms with Crippen molar-refractivity contribution < 1.29 is 19.1 Å². The number of Topliss-reactive ketones (excluding diaryl/α,β-unsaturated/α-hetero) is 2. The topological polar surface area (TPSA) is 72.8 Å². The lowest BCUT2D eigenvalue weighted by atomic mass is 9.72. The summed E-state index contributed by atoms with van der Waals surface area (Å²) in [5.41, 5.74) is 0.799. The predicted molar refractivity (Wildman–Crippen MR) is 106 cm³/mol. The molecule has 0 N–H and O–H groups in total. The Kier molecular flexibility index (Phi) is 7.45. The smallest absolute Gasteiger partial charge is 0.338 e. The van der Waals surface area contributed by atoms with Gasteiger partial charge in [0.1, 0.15) is 17.5 Å². The number of hydrogen-bond acceptors (Lipinski definition) is 5. The van der Waals surface area contributed by atoms with Gasteiger partial charge in [-0.05, 0) is 36.1 Å². The monoisotopic (exact) mass is 371 g/mol. The van der Waals surface area contributed by atoms with Crippen molar-refractivity contribution >= 4 is 29.4 Å². The average molecular weight is 371 g/mol. The van der Waals surface area contributed by atoms with E-state index in [4.69, 9.17) is 4.74 Å². The minimum absolute atomic E-state index is 0.0803. The van der Waals surface area contributed by atoms with Crippen LogP contribution < -0.4 is 0 Å². The first kappa shape index (κ1) is 21.0. The maximum Gasteiger partial charge on any atom is 0.338 e. The molecule has 0 radical (unpaired) electrons. The standard InChI is InChI=1S/C22H29NO4/c1-4-5-6-7-12-27-21(26)16-8-10-17(11-9-16)23-15-18-19(24)13-22(2,3)14-20(18)25/h8-11,15,18H,4-7,12-14H2,1-3H3. The predicted octanol–water partition coefficient (Wildman–Crippen LogP) is 4.70. The number of unbranched alkanes of at least 4 members (excludes halogenated alkanes) is 3. The minimum Gasteiger partial charge on any atom is -0.462 e. The normalized spacial score (nSPS) is 17.4. The van der Waals surface area contributed by atoms with E-state index in [0.29, 0.717) is 30.7 Å². The van der Waals surface area contributed by atoms with Crippen molar-refractivity contribution in [3.8, 4) is 0 Å². The zero-order valence-electron chi connectivity index (χ0n) is 16.5. The van der Waals surface area contributed by atoms with Crippen LogP contribution in [0.15, 0.2) is 29.3 Å². The minimum atomic E-state index is -0.759. The molecule has 27 heavy (non-hydrogen) atoms. The first-order valence-corrected chi connectivity index (χ1v) is 9.69. The summed E-state index contributed by atoms with van der Waals surface area (Å²) in [5, 5.41) is 0. The summed E-state index contributed by atoms with van der Waals surface area (Å²) in [6.45, 7) is 6.42. The highest BCUT2D eigenvalue weighted by Gasteiger charge is 2.38. The molecule has 146 valence electrons. The van der Waals surface area contributed by atoms with Crippen LogP contribution in [-0.4, -0.2) is 30.4 Å². The zero-order chi connectivity index (χ0) is 19.9. The second-order valence-corrected chi connectivity index (χ2v) is 7.95. The highest BCUT2D eigenvalue weighted by atomic mass is 16.5. The van der Waals surface area contributed by atoms with Gasteiger partial charge in [-0.2, -0.15) is 0 Å². The highest BCUT2D eigenvalue weighted by molar-refractivity contribution is 6.16. The zero-order valence-corrected chi connectivity index (χ0v) is 16.5. The fraction of sp³-hybridized carbons (Fsp3) is 0.545. The molecular weight excluding hydrogens is 342 g/mol. The molecule has 5 heteroatoms. The molecular formula is C22H29NO4. The third kappa shape index (κ3) is 6.42. The number of nitrogens with zero attached hydrogens (tertiary/aromatic N) is 1. The van der Waals surface area contributed by atoms with Gasteiger partial charge in [0.25, 0.3) is 0 Å². The molecule has 0 amide bonds. The number of ketones is 2. The molecule has 0 unspecified atom stereocenters. The van der Waals surface area contributed by atoms with Crippen LogP contribution in [0.5, 0.6) is 0 Å². The van der Waals surface area contributed by atoms with Crippen LogP contribution in [-0.2, 0) is 14.3 Å². The molecule has 0 aliphatic heterocycles. The summed E-state index contributed by atoms with van der Waals surface area (Å²) in [4.78, 5) is 40.6. The molecule has 0 spiro atoms. The summed E-state index contributed by atoms with van der Waals surface area (Å²) in [6, 6.07) is 6.67. The Labute approximate surface area is 161 Å². The molecule has 1 saturated carbocycles. The van der Waals surface area contributed by atoms with Gasteiger partial charge in [0.05, 0.1) is 17.9 Å². The molecule has 1 aliphatic rings. The third-order valence-corrected chi connectivity index (χ3v) is 4.71. The van der Waals surface area contributed by atoms with Gasteiger partial charge in [0.2, 0.25) is 0 Å². The summed E-state index contributed by atoms with van der Waals surface area (Å²) < 4.78 is 5.25. The Bertz CT molecular complexity index is 684. The lowest BCUT2D eigenvalue weighted by molar-refractivity contribution is -0.136. The van der Waals surface area contributed by atoms with Crippen LogP contribution in [0.4, 0.5) is 5.69 Å². The second kappa shape index (κ2) is 9.58. The SMILES string of the molecule is CCCCCCOC(=O)c1ccc(N=CC2C(=O)CC(C)(C)CC2=O)cc1. The Balaban J connectivity index is 1.89. The van der Waals surface area contributed by atoms with E-state index in [2.05, 4.69) is 11.9 Å². The Morgan fingerprint density at radius 3 is 2.33 bits per heavy atom. The van der Waals surface area contributed by atoms with E-state index < -0.39 is 5.92 Å². The first-order chi connectivity index (χ1) is 12.8. The van der Waals surface area contributed by atoms with Crippen molar-refractivity contribution in [1.29, 1.82) is 0 Å². The molecule has 0 heterocycles. The summed E-state index contributed by atoms with van der Waals surface area (Å²) in [5.74, 6) is -1.26. The van der Waals surface area contributed by atoms with Gasteiger partial charge >= 0.3 is 5.97 Å². The molecule has 1 aromatic rings. The lowest BCUT2D eigenvalue weighted by Gasteiger charge is -2.30. The number of hydrogen-bond donors (Lipinski definition) is 0. The number of ether oxygens (including phenoxy) is 1. The van der Waals surface area contributed by atoms with Crippen LogP contribution >= 0.6 is 0 Å². The van der Waals surface area contributed by atoms with E-state index in [1.165, 1.54) is 6.21 Å². The van der Waals surface area contributed by atoms with Crippen LogP contribution in [0, 0.1) is 11.3 Å². The Morgan fingerprint density at radius 1 is 1.11 bits per heavy atom. The van der Waals surface area contributed by atoms with Crippen LogP contribution in [0.1, 0.15) is 69.7 Å². The van der Waals surface area contributed by atoms with Gasteiger partial charge < -0.3 is 4.74 Å². The van der Waals surface area contributed by atoms with Gasteiger partial charge in [-0.15, -0.1) is 0 Å². The van der Waals surface area contributed by atoms with E-state index in [0.717, 1.165) is 25.7 Å². The van der Waals surface area contributed by atoms with Crippen LogP contribution in [0.3, 0.4) is 0 Å². The number of aliphatic imine (C=N–C) groups is 1. The van der Waals surface area contributed by atoms with E-state index in [9.17, 15) is 14.4 Å². The first-order valence-electron chi connectivity index (χ1n) is 9.69. The van der Waals surface area contributed by atoms with Crippen LogP contribution in [0.25, 0.3) is 0 Å². The summed E-state index contributed by atoms with van der Waals surface area (Å²) in [7, 11) is 0. The third-order valence-electron chi connectivity index (χ3n) is 4.71. The number of benzene rings is 1. The Morgan fingerprint density at radius 2 is 1.74 bits per heavy atom. The van der Waals surface area contributed by atoms with Crippen molar-refractivity contribution in [2.75, 3.05) is 6.61 Å². The summed E-state index contributed by atoms with van der Waals surface area (Å²) in [6.07, 6.45) is 6.44. The van der Waals surface area contributed by atoms with Gasteiger partial charge in [0, 0.05) is 19.1 Å². The molecule has 0 atom stereocenters. The van der Waals surface area contributed by atoms with Gasteiger partial charge in [-0.3, -0.25) is 14.6 Å². The number of carbonyl (C=O) groups excluding carboxylic acids is 3. The fourth-order valence-electron chi connectivity index (χ4n) is 3.19. The lowest BCUT2D eigenvalue weighted by Crippen LogP contribution is -2.38. The molecule has 1 aliphatic carbocycles. The van der Waals surface area contributed by atoms with Gasteiger partial charge in [-0.1, -0.05) is 40.0 Å². The number of carbonyl (C=O) groups is 3. The molecule has 1 fully saturated rings. The largest absolute Gasteiger partial charge is 0.462 e. The van der Waals surface area contributed by atoms with E-state index in [-0.39, 0.29) is 23.0 Å². The van der Waals surface area contributed by atoms with E-state index >= 15 is 0 Å². The molecule has 5 nitrogen and oxygen atoms in total. The molecule has 0 aromatic heterocycles. The van der Waals surface area contributed by atoms with Crippen molar-refractivity contribution in [3.05, 3.63) is 29.8 Å². The van der Waals surface area contributed by atoms with Crippen molar-refractivity contribution in [3.63, 3.8) is 0 Å². The van der Waals surface area contributed by atoms with Crippen molar-refractivity contribution in [2.24, 2.45) is 16.3 Å². The van der Waals surface area contributed by atoms with Gasteiger partial charge in [0.15, 0.2) is 0 Å².